The third-order valence-electron chi connectivity index (χ3n) is 1.84. The maximum Gasteiger partial charge on any atom is 0.226 e. The monoisotopic (exact) mass is 249 g/mol. The Morgan fingerprint density at radius 2 is 2.13 bits per heavy atom. The molecule has 0 amide bonds. The highest BCUT2D eigenvalue weighted by molar-refractivity contribution is 6.22. The molecule has 1 rings (SSSR count). The van der Waals surface area contributed by atoms with E-state index in [2.05, 4.69) is 15.3 Å². The average Bonchev–Trinajstić information content (AvgIpc) is 2.29. The van der Waals surface area contributed by atoms with Gasteiger partial charge >= 0.3 is 0 Å². The zero-order chi connectivity index (χ0) is 11.3. The van der Waals surface area contributed by atoms with Crippen molar-refractivity contribution in [1.82, 2.24) is 9.97 Å². The molecule has 0 bridgehead atoms. The minimum Gasteiger partial charge on any atom is -0.481 e. The summed E-state index contributed by atoms with van der Waals surface area (Å²) in [5, 5.41) is 3.06. The summed E-state index contributed by atoms with van der Waals surface area (Å²) < 4.78 is 4.98. The summed E-state index contributed by atoms with van der Waals surface area (Å²) in [5.74, 6) is 1.70. The number of ether oxygens (including phenoxy) is 1. The van der Waals surface area contributed by atoms with Gasteiger partial charge in [0.2, 0.25) is 11.8 Å². The summed E-state index contributed by atoms with van der Waals surface area (Å²) in [6, 6.07) is 1.67. The Morgan fingerprint density at radius 1 is 1.47 bits per heavy atom. The molecule has 1 aromatic rings. The molecule has 0 aliphatic rings. The van der Waals surface area contributed by atoms with E-state index in [1.807, 2.05) is 6.92 Å². The van der Waals surface area contributed by atoms with E-state index >= 15 is 0 Å². The maximum absolute atomic E-state index is 5.80. The zero-order valence-electron chi connectivity index (χ0n) is 8.63. The average molecular weight is 250 g/mol. The van der Waals surface area contributed by atoms with Crippen LogP contribution in [0.3, 0.4) is 0 Å². The summed E-state index contributed by atoms with van der Waals surface area (Å²) in [5.41, 5.74) is -0.421. The quantitative estimate of drug-likeness (QED) is 0.813. The van der Waals surface area contributed by atoms with E-state index < -0.39 is 5.54 Å². The fraction of sp³-hybridized carbons (Fsp3) is 0.556. The molecule has 0 unspecified atom stereocenters. The van der Waals surface area contributed by atoms with Crippen LogP contribution in [0.1, 0.15) is 6.92 Å². The van der Waals surface area contributed by atoms with Gasteiger partial charge < -0.3 is 10.1 Å². The van der Waals surface area contributed by atoms with Gasteiger partial charge in [-0.2, -0.15) is 4.98 Å². The second-order valence-electron chi connectivity index (χ2n) is 3.38. The summed E-state index contributed by atoms with van der Waals surface area (Å²) in [4.78, 5) is 8.16. The minimum atomic E-state index is -0.421. The van der Waals surface area contributed by atoms with Crippen LogP contribution in [0.25, 0.3) is 0 Å². The van der Waals surface area contributed by atoms with Crippen LogP contribution in [0, 0.1) is 0 Å². The molecule has 0 aliphatic carbocycles. The van der Waals surface area contributed by atoms with E-state index in [9.17, 15) is 0 Å². The molecule has 1 heterocycles. The third-order valence-corrected chi connectivity index (χ3v) is 3.02. The van der Waals surface area contributed by atoms with Gasteiger partial charge in [0.25, 0.3) is 0 Å². The van der Waals surface area contributed by atoms with Crippen LogP contribution in [-0.2, 0) is 0 Å². The predicted octanol–water partition coefficient (Wildman–Crippen LogP) is 2.13. The molecule has 4 nitrogen and oxygen atoms in total. The van der Waals surface area contributed by atoms with Crippen molar-refractivity contribution in [2.45, 2.75) is 12.5 Å². The number of anilines is 1. The molecule has 0 saturated heterocycles. The van der Waals surface area contributed by atoms with Gasteiger partial charge in [-0.15, -0.1) is 23.2 Å². The number of nitrogens with one attached hydrogen (secondary N) is 1. The van der Waals surface area contributed by atoms with Crippen molar-refractivity contribution in [1.29, 1.82) is 0 Å². The molecule has 0 spiro atoms. The molecule has 1 N–H and O–H groups in total. The van der Waals surface area contributed by atoms with Crippen molar-refractivity contribution >= 4 is 29.2 Å². The van der Waals surface area contributed by atoms with Gasteiger partial charge in [0.1, 0.15) is 0 Å². The first-order valence-electron chi connectivity index (χ1n) is 4.41. The van der Waals surface area contributed by atoms with Crippen molar-refractivity contribution in [2.75, 3.05) is 24.2 Å². The zero-order valence-corrected chi connectivity index (χ0v) is 10.1. The van der Waals surface area contributed by atoms with Crippen LogP contribution in [0.2, 0.25) is 0 Å². The maximum atomic E-state index is 5.80. The van der Waals surface area contributed by atoms with E-state index in [1.165, 1.54) is 0 Å². The highest BCUT2D eigenvalue weighted by atomic mass is 35.5. The first-order valence-corrected chi connectivity index (χ1v) is 5.47. The minimum absolute atomic E-state index is 0.372. The fourth-order valence-corrected chi connectivity index (χ4v) is 1.31. The summed E-state index contributed by atoms with van der Waals surface area (Å²) in [7, 11) is 1.55. The molecule has 0 saturated carbocycles. The van der Waals surface area contributed by atoms with Crippen LogP contribution >= 0.6 is 23.2 Å². The number of hydrogen-bond donors (Lipinski definition) is 1. The normalized spacial score (nSPS) is 11.2. The predicted molar refractivity (Wildman–Crippen MR) is 62.1 cm³/mol. The Labute approximate surface area is 99.0 Å². The highest BCUT2D eigenvalue weighted by Gasteiger charge is 2.22. The van der Waals surface area contributed by atoms with Gasteiger partial charge in [0, 0.05) is 24.0 Å². The summed E-state index contributed by atoms with van der Waals surface area (Å²) in [6.45, 7) is 1.90. The van der Waals surface area contributed by atoms with Gasteiger partial charge in [-0.25, -0.2) is 4.98 Å². The Balaban J connectivity index is 2.79. The number of alkyl halides is 2. The smallest absolute Gasteiger partial charge is 0.226 e. The molecule has 0 atom stereocenters. The van der Waals surface area contributed by atoms with Crippen molar-refractivity contribution < 1.29 is 4.74 Å². The molecule has 84 valence electrons. The van der Waals surface area contributed by atoms with E-state index in [4.69, 9.17) is 27.9 Å². The number of halogens is 2. The fourth-order valence-electron chi connectivity index (χ4n) is 0.889. The van der Waals surface area contributed by atoms with Crippen molar-refractivity contribution in [3.63, 3.8) is 0 Å². The van der Waals surface area contributed by atoms with Crippen LogP contribution in [-0.4, -0.2) is 34.4 Å². The lowest BCUT2D eigenvalue weighted by atomic mass is 10.1. The molecule has 1 aromatic heterocycles. The Hall–Kier alpha value is -0.740. The van der Waals surface area contributed by atoms with Gasteiger partial charge in [-0.1, -0.05) is 0 Å². The third kappa shape index (κ3) is 3.39. The first-order chi connectivity index (χ1) is 7.13. The number of nitrogens with zero attached hydrogens (tertiary/aromatic N) is 2. The van der Waals surface area contributed by atoms with Gasteiger partial charge in [-0.3, -0.25) is 0 Å². The first kappa shape index (κ1) is 12.3. The van der Waals surface area contributed by atoms with Crippen molar-refractivity contribution in [2.24, 2.45) is 0 Å². The van der Waals surface area contributed by atoms with Gasteiger partial charge in [0.05, 0.1) is 12.6 Å². The Bertz CT molecular complexity index is 318. The van der Waals surface area contributed by atoms with E-state index in [0.29, 0.717) is 23.6 Å². The number of hydrogen-bond acceptors (Lipinski definition) is 4. The molecular formula is C9H13Cl2N3O. The molecule has 0 aliphatic heterocycles. The lowest BCUT2D eigenvalue weighted by Crippen LogP contribution is -2.39. The lowest BCUT2D eigenvalue weighted by molar-refractivity contribution is 0.397. The molecular weight excluding hydrogens is 237 g/mol. The van der Waals surface area contributed by atoms with Crippen LogP contribution in [0.5, 0.6) is 5.88 Å². The SMILES string of the molecule is COc1ccnc(NC(C)(CCl)CCl)n1. The van der Waals surface area contributed by atoms with Crippen LogP contribution in [0.4, 0.5) is 5.95 Å². The number of rotatable bonds is 5. The molecule has 0 radical (unpaired) electrons. The van der Waals surface area contributed by atoms with Crippen molar-refractivity contribution in [3.8, 4) is 5.88 Å². The second kappa shape index (κ2) is 5.37. The number of methoxy groups -OCH3 is 1. The van der Waals surface area contributed by atoms with Crippen LogP contribution < -0.4 is 10.1 Å². The van der Waals surface area contributed by atoms with Gasteiger partial charge in [0.15, 0.2) is 0 Å². The molecule has 0 fully saturated rings. The largest absolute Gasteiger partial charge is 0.481 e. The summed E-state index contributed by atoms with van der Waals surface area (Å²) in [6.07, 6.45) is 1.61. The standard InChI is InChI=1S/C9H13Cl2N3O/c1-9(5-10,6-11)14-8-12-4-3-7(13-8)15-2/h3-4H,5-6H2,1-2H3,(H,12,13,14). The van der Waals surface area contributed by atoms with Crippen LogP contribution in [0.15, 0.2) is 12.3 Å². The lowest BCUT2D eigenvalue weighted by Gasteiger charge is -2.25. The molecule has 6 heteroatoms. The Morgan fingerprint density at radius 3 is 2.67 bits per heavy atom. The Kier molecular flexibility index (Phi) is 4.42. The molecule has 15 heavy (non-hydrogen) atoms. The number of aromatic nitrogens is 2. The molecule has 0 aromatic carbocycles. The topological polar surface area (TPSA) is 47.0 Å². The van der Waals surface area contributed by atoms with Gasteiger partial charge in [-0.05, 0) is 6.92 Å². The van der Waals surface area contributed by atoms with E-state index in [1.54, 1.807) is 19.4 Å². The second-order valence-corrected chi connectivity index (χ2v) is 3.91. The highest BCUT2D eigenvalue weighted by Crippen LogP contribution is 2.16. The van der Waals surface area contributed by atoms with E-state index in [-0.39, 0.29) is 0 Å². The summed E-state index contributed by atoms with van der Waals surface area (Å²) >= 11 is 11.6. The van der Waals surface area contributed by atoms with E-state index in [0.717, 1.165) is 0 Å². The van der Waals surface area contributed by atoms with Crippen molar-refractivity contribution in [3.05, 3.63) is 12.3 Å².